The molecule has 0 saturated heterocycles. The van der Waals surface area contributed by atoms with E-state index in [1.807, 2.05) is 0 Å². The van der Waals surface area contributed by atoms with E-state index in [-0.39, 0.29) is 17.4 Å². The fourth-order valence-corrected chi connectivity index (χ4v) is 4.84. The van der Waals surface area contributed by atoms with Gasteiger partial charge in [0.1, 0.15) is 5.78 Å². The van der Waals surface area contributed by atoms with Crippen LogP contribution in [-0.2, 0) is 16.8 Å². The quantitative estimate of drug-likeness (QED) is 0.815. The minimum Gasteiger partial charge on any atom is -0.363 e. The lowest BCUT2D eigenvalue weighted by molar-refractivity contribution is -0.131. The maximum absolute atomic E-state index is 13.3. The molecule has 2 heteroatoms. The fourth-order valence-electron chi connectivity index (χ4n) is 4.84. The van der Waals surface area contributed by atoms with Crippen LogP contribution in [0.3, 0.4) is 0 Å². The topological polar surface area (TPSA) is 20.3 Å². The average Bonchev–Trinajstić information content (AvgIpc) is 2.87. The SMILES string of the molecule is CC[C@@H]1CC[C@H]2N(Cc3ccccc3)c3ccccc3[C@@]2(C)C1=O. The van der Waals surface area contributed by atoms with Crippen molar-refractivity contribution in [1.82, 2.24) is 0 Å². The van der Waals surface area contributed by atoms with Crippen LogP contribution < -0.4 is 4.90 Å². The van der Waals surface area contributed by atoms with Crippen molar-refractivity contribution in [3.63, 3.8) is 0 Å². The Kier molecular flexibility index (Phi) is 3.71. The smallest absolute Gasteiger partial charge is 0.148 e. The van der Waals surface area contributed by atoms with Gasteiger partial charge in [-0.3, -0.25) is 4.79 Å². The van der Waals surface area contributed by atoms with Crippen LogP contribution in [0.4, 0.5) is 5.69 Å². The molecule has 0 radical (unpaired) electrons. The summed E-state index contributed by atoms with van der Waals surface area (Å²) in [5, 5.41) is 0. The molecule has 24 heavy (non-hydrogen) atoms. The number of hydrogen-bond acceptors (Lipinski definition) is 2. The third kappa shape index (κ3) is 2.12. The molecule has 2 nitrogen and oxygen atoms in total. The van der Waals surface area contributed by atoms with Crippen LogP contribution in [0.2, 0.25) is 0 Å². The molecule has 0 amide bonds. The molecule has 0 bridgehead atoms. The molecule has 2 aliphatic rings. The van der Waals surface area contributed by atoms with Crippen LogP contribution in [0, 0.1) is 5.92 Å². The minimum atomic E-state index is -0.357. The standard InChI is InChI=1S/C22H25NO/c1-3-17-13-14-20-22(2,21(17)24)18-11-7-8-12-19(18)23(20)15-16-9-5-4-6-10-16/h4-12,17,20H,3,13-15H2,1-2H3/t17-,20-,22-/m1/s1. The molecule has 3 atom stereocenters. The first kappa shape index (κ1) is 15.4. The van der Waals surface area contributed by atoms with Crippen LogP contribution in [0.15, 0.2) is 54.6 Å². The second-order valence-corrected chi connectivity index (χ2v) is 7.40. The maximum Gasteiger partial charge on any atom is 0.148 e. The zero-order valence-electron chi connectivity index (χ0n) is 14.5. The summed E-state index contributed by atoms with van der Waals surface area (Å²) in [6, 6.07) is 19.4. The highest BCUT2D eigenvalue weighted by Gasteiger charge is 2.55. The van der Waals surface area contributed by atoms with Crippen molar-refractivity contribution >= 4 is 11.5 Å². The van der Waals surface area contributed by atoms with E-state index < -0.39 is 0 Å². The Morgan fingerprint density at radius 1 is 1.04 bits per heavy atom. The van der Waals surface area contributed by atoms with Crippen LogP contribution in [0.5, 0.6) is 0 Å². The van der Waals surface area contributed by atoms with E-state index in [2.05, 4.69) is 73.3 Å². The van der Waals surface area contributed by atoms with Gasteiger partial charge in [-0.1, -0.05) is 55.5 Å². The molecule has 1 saturated carbocycles. The molecule has 0 spiro atoms. The molecule has 1 aliphatic carbocycles. The van der Waals surface area contributed by atoms with Gasteiger partial charge >= 0.3 is 0 Å². The van der Waals surface area contributed by atoms with E-state index in [0.717, 1.165) is 25.8 Å². The summed E-state index contributed by atoms with van der Waals surface area (Å²) in [5.41, 5.74) is 3.43. The summed E-state index contributed by atoms with van der Waals surface area (Å²) >= 11 is 0. The second kappa shape index (κ2) is 5.77. The lowest BCUT2D eigenvalue weighted by Crippen LogP contribution is -2.53. The number of carbonyl (C=O) groups excluding carboxylic acids is 1. The van der Waals surface area contributed by atoms with Crippen molar-refractivity contribution in [1.29, 1.82) is 0 Å². The molecular formula is C22H25NO. The largest absolute Gasteiger partial charge is 0.363 e. The summed E-state index contributed by atoms with van der Waals surface area (Å²) in [4.78, 5) is 15.8. The van der Waals surface area contributed by atoms with Crippen molar-refractivity contribution in [2.45, 2.75) is 51.1 Å². The number of ketones is 1. The number of hydrogen-bond donors (Lipinski definition) is 0. The van der Waals surface area contributed by atoms with Crippen molar-refractivity contribution in [2.75, 3.05) is 4.90 Å². The highest BCUT2D eigenvalue weighted by molar-refractivity contribution is 5.97. The number of fused-ring (bicyclic) bond motifs is 3. The summed E-state index contributed by atoms with van der Waals surface area (Å²) in [6.45, 7) is 5.21. The molecule has 0 aromatic heterocycles. The number of nitrogens with zero attached hydrogens (tertiary/aromatic N) is 1. The molecular weight excluding hydrogens is 294 g/mol. The predicted octanol–water partition coefficient (Wildman–Crippen LogP) is 4.72. The van der Waals surface area contributed by atoms with Gasteiger partial charge in [0.2, 0.25) is 0 Å². The number of benzene rings is 2. The Bertz CT molecular complexity index is 754. The maximum atomic E-state index is 13.3. The van der Waals surface area contributed by atoms with Gasteiger partial charge in [0.15, 0.2) is 0 Å². The third-order valence-corrected chi connectivity index (χ3v) is 6.18. The normalized spacial score (nSPS) is 28.6. The van der Waals surface area contributed by atoms with E-state index in [0.29, 0.717) is 5.78 Å². The van der Waals surface area contributed by atoms with Gasteiger partial charge < -0.3 is 4.90 Å². The Labute approximate surface area is 144 Å². The Balaban J connectivity index is 1.78. The van der Waals surface area contributed by atoms with E-state index in [9.17, 15) is 4.79 Å². The van der Waals surface area contributed by atoms with Crippen molar-refractivity contribution in [2.24, 2.45) is 5.92 Å². The Hall–Kier alpha value is -2.09. The van der Waals surface area contributed by atoms with Gasteiger partial charge in [-0.25, -0.2) is 0 Å². The number of Topliss-reactive ketones (excluding diaryl/α,β-unsaturated/α-hetero) is 1. The van der Waals surface area contributed by atoms with Gasteiger partial charge in [-0.15, -0.1) is 0 Å². The first-order chi connectivity index (χ1) is 11.7. The van der Waals surface area contributed by atoms with E-state index in [1.54, 1.807) is 0 Å². The molecule has 1 aliphatic heterocycles. The van der Waals surface area contributed by atoms with Crippen molar-refractivity contribution in [3.8, 4) is 0 Å². The van der Waals surface area contributed by atoms with Crippen LogP contribution in [0.25, 0.3) is 0 Å². The van der Waals surface area contributed by atoms with E-state index in [4.69, 9.17) is 0 Å². The van der Waals surface area contributed by atoms with Crippen LogP contribution in [-0.4, -0.2) is 11.8 Å². The van der Waals surface area contributed by atoms with Gasteiger partial charge in [0, 0.05) is 24.2 Å². The molecule has 0 unspecified atom stereocenters. The summed E-state index contributed by atoms with van der Waals surface area (Å²) in [5.74, 6) is 0.667. The molecule has 2 aromatic rings. The number of para-hydroxylation sites is 1. The molecule has 124 valence electrons. The van der Waals surface area contributed by atoms with Gasteiger partial charge in [-0.05, 0) is 43.4 Å². The van der Waals surface area contributed by atoms with Gasteiger partial charge in [-0.2, -0.15) is 0 Å². The molecule has 1 heterocycles. The lowest BCUT2D eigenvalue weighted by Gasteiger charge is -2.42. The molecule has 2 aromatic carbocycles. The monoisotopic (exact) mass is 319 g/mol. The second-order valence-electron chi connectivity index (χ2n) is 7.40. The average molecular weight is 319 g/mol. The third-order valence-electron chi connectivity index (χ3n) is 6.18. The minimum absolute atomic E-state index is 0.219. The van der Waals surface area contributed by atoms with Crippen molar-refractivity contribution < 1.29 is 4.79 Å². The molecule has 1 fully saturated rings. The Morgan fingerprint density at radius 3 is 2.50 bits per heavy atom. The zero-order chi connectivity index (χ0) is 16.7. The van der Waals surface area contributed by atoms with Gasteiger partial charge in [0.05, 0.1) is 5.41 Å². The molecule has 4 rings (SSSR count). The first-order valence-corrected chi connectivity index (χ1v) is 9.10. The first-order valence-electron chi connectivity index (χ1n) is 9.10. The number of anilines is 1. The fraction of sp³-hybridized carbons (Fsp3) is 0.409. The summed E-state index contributed by atoms with van der Waals surface area (Å²) < 4.78 is 0. The Morgan fingerprint density at radius 2 is 1.75 bits per heavy atom. The van der Waals surface area contributed by atoms with Crippen LogP contribution >= 0.6 is 0 Å². The summed E-state index contributed by atoms with van der Waals surface area (Å²) in [6.07, 6.45) is 3.08. The van der Waals surface area contributed by atoms with Crippen molar-refractivity contribution in [3.05, 3.63) is 65.7 Å². The van der Waals surface area contributed by atoms with Gasteiger partial charge in [0.25, 0.3) is 0 Å². The van der Waals surface area contributed by atoms with E-state index >= 15 is 0 Å². The van der Waals surface area contributed by atoms with E-state index in [1.165, 1.54) is 16.8 Å². The lowest BCUT2D eigenvalue weighted by atomic mass is 9.64. The number of carbonyl (C=O) groups is 1. The summed E-state index contributed by atoms with van der Waals surface area (Å²) in [7, 11) is 0. The highest BCUT2D eigenvalue weighted by Crippen LogP contribution is 2.52. The highest BCUT2D eigenvalue weighted by atomic mass is 16.1. The predicted molar refractivity (Wildman–Crippen MR) is 98.2 cm³/mol. The van der Waals surface area contributed by atoms with Crippen LogP contribution in [0.1, 0.15) is 44.2 Å². The number of rotatable bonds is 3. The zero-order valence-corrected chi connectivity index (χ0v) is 14.5. The molecule has 0 N–H and O–H groups in total.